The van der Waals surface area contributed by atoms with Crippen LogP contribution in [0, 0.1) is 5.82 Å². The van der Waals surface area contributed by atoms with Gasteiger partial charge >= 0.3 is 0 Å². The van der Waals surface area contributed by atoms with Gasteiger partial charge in [0.1, 0.15) is 5.82 Å². The van der Waals surface area contributed by atoms with Gasteiger partial charge in [-0.15, -0.1) is 0 Å². The number of halogens is 1. The summed E-state index contributed by atoms with van der Waals surface area (Å²) in [6.45, 7) is 5.38. The Balaban J connectivity index is 1.61. The monoisotopic (exact) mass is 272 g/mol. The lowest BCUT2D eigenvalue weighted by Gasteiger charge is -2.15. The van der Waals surface area contributed by atoms with E-state index in [9.17, 15) is 4.39 Å². The second-order valence-electron chi connectivity index (χ2n) is 5.48. The van der Waals surface area contributed by atoms with E-state index in [2.05, 4.69) is 10.2 Å². The molecule has 0 unspecified atom stereocenters. The molecule has 0 bridgehead atoms. The Labute approximate surface area is 119 Å². The molecule has 2 aromatic rings. The van der Waals surface area contributed by atoms with Crippen LogP contribution >= 0.6 is 0 Å². The zero-order valence-electron chi connectivity index (χ0n) is 11.7. The quantitative estimate of drug-likeness (QED) is 0.841. The number of nitrogens with zero attached hydrogens (tertiary/aromatic N) is 1. The first-order chi connectivity index (χ1) is 9.84. The minimum absolute atomic E-state index is 0.138. The Kier molecular flexibility index (Phi) is 4.28. The normalized spacial score (nSPS) is 16.1. The highest BCUT2D eigenvalue weighted by molar-refractivity contribution is 5.86. The molecule has 0 aromatic heterocycles. The first-order valence-electron chi connectivity index (χ1n) is 7.44. The molecule has 0 spiro atoms. The van der Waals surface area contributed by atoms with Gasteiger partial charge in [0, 0.05) is 25.0 Å². The Morgan fingerprint density at radius 3 is 2.55 bits per heavy atom. The van der Waals surface area contributed by atoms with Gasteiger partial charge in [0.25, 0.3) is 0 Å². The SMILES string of the molecule is Fc1ccc(CNCCN2CCCC2)c2ccccc12. The van der Waals surface area contributed by atoms with Crippen LogP contribution in [-0.4, -0.2) is 31.1 Å². The molecule has 20 heavy (non-hydrogen) atoms. The van der Waals surface area contributed by atoms with Crippen LogP contribution in [-0.2, 0) is 6.54 Å². The summed E-state index contributed by atoms with van der Waals surface area (Å²) < 4.78 is 13.7. The van der Waals surface area contributed by atoms with Gasteiger partial charge in [-0.3, -0.25) is 0 Å². The molecular formula is C17H21FN2. The first-order valence-corrected chi connectivity index (χ1v) is 7.44. The lowest BCUT2D eigenvalue weighted by atomic mass is 10.0. The van der Waals surface area contributed by atoms with Gasteiger partial charge in [0.15, 0.2) is 0 Å². The molecule has 1 heterocycles. The summed E-state index contributed by atoms with van der Waals surface area (Å²) in [5, 5.41) is 5.21. The largest absolute Gasteiger partial charge is 0.311 e. The second kappa shape index (κ2) is 6.33. The number of benzene rings is 2. The maximum Gasteiger partial charge on any atom is 0.131 e. The topological polar surface area (TPSA) is 15.3 Å². The predicted octanol–water partition coefficient (Wildman–Crippen LogP) is 3.16. The molecule has 106 valence electrons. The third-order valence-electron chi connectivity index (χ3n) is 4.08. The fourth-order valence-electron chi connectivity index (χ4n) is 2.95. The number of likely N-dealkylation sites (tertiary alicyclic amines) is 1. The van der Waals surface area contributed by atoms with Gasteiger partial charge < -0.3 is 10.2 Å². The van der Waals surface area contributed by atoms with Crippen LogP contribution in [0.15, 0.2) is 36.4 Å². The fourth-order valence-corrected chi connectivity index (χ4v) is 2.95. The molecule has 0 saturated carbocycles. The standard InChI is InChI=1S/C17H21FN2/c18-17-8-7-14(15-5-1-2-6-16(15)17)13-19-9-12-20-10-3-4-11-20/h1-2,5-8,19H,3-4,9-13H2. The zero-order chi connectivity index (χ0) is 13.8. The average Bonchev–Trinajstić information content (AvgIpc) is 2.99. The summed E-state index contributed by atoms with van der Waals surface area (Å²) in [7, 11) is 0. The molecule has 0 radical (unpaired) electrons. The molecule has 2 nitrogen and oxygen atoms in total. The van der Waals surface area contributed by atoms with E-state index in [4.69, 9.17) is 0 Å². The van der Waals surface area contributed by atoms with E-state index in [1.807, 2.05) is 30.3 Å². The average molecular weight is 272 g/mol. The van der Waals surface area contributed by atoms with Crippen LogP contribution in [0.4, 0.5) is 4.39 Å². The summed E-state index contributed by atoms with van der Waals surface area (Å²) in [5.41, 5.74) is 1.17. The first kappa shape index (κ1) is 13.5. The molecular weight excluding hydrogens is 251 g/mol. The van der Waals surface area contributed by atoms with Crippen molar-refractivity contribution < 1.29 is 4.39 Å². The highest BCUT2D eigenvalue weighted by atomic mass is 19.1. The molecule has 1 saturated heterocycles. The predicted molar refractivity (Wildman–Crippen MR) is 81.3 cm³/mol. The highest BCUT2D eigenvalue weighted by Gasteiger charge is 2.10. The van der Waals surface area contributed by atoms with Crippen molar-refractivity contribution in [2.75, 3.05) is 26.2 Å². The fraction of sp³-hybridized carbons (Fsp3) is 0.412. The number of hydrogen-bond acceptors (Lipinski definition) is 2. The van der Waals surface area contributed by atoms with Crippen molar-refractivity contribution in [2.24, 2.45) is 0 Å². The van der Waals surface area contributed by atoms with Crippen molar-refractivity contribution in [2.45, 2.75) is 19.4 Å². The molecule has 3 rings (SSSR count). The molecule has 0 atom stereocenters. The summed E-state index contributed by atoms with van der Waals surface area (Å²) in [5.74, 6) is -0.138. The van der Waals surface area contributed by atoms with E-state index < -0.39 is 0 Å². The van der Waals surface area contributed by atoms with Gasteiger partial charge in [0.05, 0.1) is 0 Å². The molecule has 1 aliphatic rings. The molecule has 0 amide bonds. The van der Waals surface area contributed by atoms with Crippen molar-refractivity contribution in [1.29, 1.82) is 0 Å². The van der Waals surface area contributed by atoms with Gasteiger partial charge in [-0.25, -0.2) is 4.39 Å². The Morgan fingerprint density at radius 2 is 1.75 bits per heavy atom. The maximum atomic E-state index is 13.7. The van der Waals surface area contributed by atoms with Gasteiger partial charge in [-0.05, 0) is 42.9 Å². The van der Waals surface area contributed by atoms with E-state index in [-0.39, 0.29) is 5.82 Å². The van der Waals surface area contributed by atoms with Crippen molar-refractivity contribution in [3.63, 3.8) is 0 Å². The van der Waals surface area contributed by atoms with Crippen LogP contribution in [0.3, 0.4) is 0 Å². The minimum atomic E-state index is -0.138. The van der Waals surface area contributed by atoms with Crippen molar-refractivity contribution >= 4 is 10.8 Å². The van der Waals surface area contributed by atoms with Crippen molar-refractivity contribution in [3.05, 3.63) is 47.8 Å². The lowest BCUT2D eigenvalue weighted by molar-refractivity contribution is 0.336. The molecule has 3 heteroatoms. The molecule has 1 aliphatic heterocycles. The summed E-state index contributed by atoms with van der Waals surface area (Å²) in [4.78, 5) is 2.50. The number of rotatable bonds is 5. The van der Waals surface area contributed by atoms with E-state index in [0.717, 1.165) is 25.0 Å². The third-order valence-corrected chi connectivity index (χ3v) is 4.08. The van der Waals surface area contributed by atoms with Gasteiger partial charge in [-0.1, -0.05) is 30.3 Å². The summed E-state index contributed by atoms with van der Waals surface area (Å²) in [6.07, 6.45) is 2.67. The third kappa shape index (κ3) is 3.00. The van der Waals surface area contributed by atoms with E-state index >= 15 is 0 Å². The number of hydrogen-bond donors (Lipinski definition) is 1. The van der Waals surface area contributed by atoms with Crippen molar-refractivity contribution in [1.82, 2.24) is 10.2 Å². The van der Waals surface area contributed by atoms with Crippen LogP contribution in [0.1, 0.15) is 18.4 Å². The Hall–Kier alpha value is -1.45. The number of fused-ring (bicyclic) bond motifs is 1. The highest BCUT2D eigenvalue weighted by Crippen LogP contribution is 2.21. The van der Waals surface area contributed by atoms with Crippen LogP contribution < -0.4 is 5.32 Å². The van der Waals surface area contributed by atoms with Gasteiger partial charge in [-0.2, -0.15) is 0 Å². The smallest absolute Gasteiger partial charge is 0.131 e. The van der Waals surface area contributed by atoms with E-state index in [1.54, 1.807) is 6.07 Å². The number of nitrogens with one attached hydrogen (secondary N) is 1. The zero-order valence-corrected chi connectivity index (χ0v) is 11.7. The lowest BCUT2D eigenvalue weighted by Crippen LogP contribution is -2.29. The van der Waals surface area contributed by atoms with E-state index in [1.165, 1.54) is 31.5 Å². The molecule has 0 aliphatic carbocycles. The Morgan fingerprint density at radius 1 is 1.00 bits per heavy atom. The molecule has 2 aromatic carbocycles. The second-order valence-corrected chi connectivity index (χ2v) is 5.48. The summed E-state index contributed by atoms with van der Waals surface area (Å²) >= 11 is 0. The molecule has 1 fully saturated rings. The maximum absolute atomic E-state index is 13.7. The van der Waals surface area contributed by atoms with Gasteiger partial charge in [0.2, 0.25) is 0 Å². The summed E-state index contributed by atoms with van der Waals surface area (Å²) in [6, 6.07) is 11.2. The van der Waals surface area contributed by atoms with Crippen LogP contribution in [0.5, 0.6) is 0 Å². The van der Waals surface area contributed by atoms with Crippen LogP contribution in [0.25, 0.3) is 10.8 Å². The van der Waals surface area contributed by atoms with E-state index in [0.29, 0.717) is 5.39 Å². The van der Waals surface area contributed by atoms with Crippen molar-refractivity contribution in [3.8, 4) is 0 Å². The minimum Gasteiger partial charge on any atom is -0.311 e. The Bertz CT molecular complexity index is 576. The van der Waals surface area contributed by atoms with Crippen LogP contribution in [0.2, 0.25) is 0 Å². The molecule has 1 N–H and O–H groups in total.